The summed E-state index contributed by atoms with van der Waals surface area (Å²) < 4.78 is 2.01. The Labute approximate surface area is 179 Å². The van der Waals surface area contributed by atoms with Crippen LogP contribution >= 0.6 is 11.8 Å². The average Bonchev–Trinajstić information content (AvgIpc) is 3.17. The minimum Gasteiger partial charge on any atom is -0.356 e. The van der Waals surface area contributed by atoms with E-state index in [1.54, 1.807) is 12.4 Å². The minimum atomic E-state index is -0.343. The molecule has 30 heavy (non-hydrogen) atoms. The van der Waals surface area contributed by atoms with Crippen LogP contribution in [0.15, 0.2) is 18.7 Å². The van der Waals surface area contributed by atoms with Crippen molar-refractivity contribution in [3.05, 3.63) is 24.5 Å². The smallest absolute Gasteiger partial charge is 0.245 e. The molecule has 0 aromatic carbocycles. The van der Waals surface area contributed by atoms with E-state index in [2.05, 4.69) is 25.3 Å². The highest BCUT2D eigenvalue weighted by Gasteiger charge is 2.26. The van der Waals surface area contributed by atoms with Gasteiger partial charge in [0.15, 0.2) is 17.0 Å². The largest absolute Gasteiger partial charge is 0.356 e. The van der Waals surface area contributed by atoms with Gasteiger partial charge in [-0.15, -0.1) is 0 Å². The van der Waals surface area contributed by atoms with E-state index in [1.807, 2.05) is 42.0 Å². The van der Waals surface area contributed by atoms with E-state index in [0.717, 1.165) is 41.6 Å². The van der Waals surface area contributed by atoms with Crippen LogP contribution in [0.25, 0.3) is 22.6 Å². The Hall–Kier alpha value is -2.75. The van der Waals surface area contributed by atoms with E-state index in [4.69, 9.17) is 4.98 Å². The summed E-state index contributed by atoms with van der Waals surface area (Å²) >= 11 is 1.89. The zero-order valence-electron chi connectivity index (χ0n) is 17.5. The van der Waals surface area contributed by atoms with Crippen molar-refractivity contribution < 1.29 is 4.79 Å². The third kappa shape index (κ3) is 3.96. The number of amides is 1. The number of anilines is 1. The Morgan fingerprint density at radius 1 is 1.17 bits per heavy atom. The number of hydrogen-bond acceptors (Lipinski definition) is 8. The first-order valence-corrected chi connectivity index (χ1v) is 11.4. The molecule has 1 atom stereocenters. The molecular weight excluding hydrogens is 400 g/mol. The van der Waals surface area contributed by atoms with Gasteiger partial charge < -0.3 is 14.8 Å². The molecule has 1 N–H and O–H groups in total. The predicted molar refractivity (Wildman–Crippen MR) is 118 cm³/mol. The summed E-state index contributed by atoms with van der Waals surface area (Å²) in [7, 11) is 0. The Kier molecular flexibility index (Phi) is 6.12. The van der Waals surface area contributed by atoms with Gasteiger partial charge in [0.25, 0.3) is 0 Å². The van der Waals surface area contributed by atoms with Gasteiger partial charge in [0, 0.05) is 43.5 Å². The predicted octanol–water partition coefficient (Wildman–Crippen LogP) is 2.38. The van der Waals surface area contributed by atoms with E-state index in [0.29, 0.717) is 30.1 Å². The summed E-state index contributed by atoms with van der Waals surface area (Å²) in [6, 6.07) is -0.343. The van der Waals surface area contributed by atoms with Gasteiger partial charge in [-0.3, -0.25) is 4.79 Å². The lowest BCUT2D eigenvalue weighted by atomic mass is 10.2. The van der Waals surface area contributed by atoms with Gasteiger partial charge in [0.1, 0.15) is 24.0 Å². The highest BCUT2D eigenvalue weighted by atomic mass is 32.2. The van der Waals surface area contributed by atoms with E-state index in [9.17, 15) is 4.79 Å². The first-order valence-electron chi connectivity index (χ1n) is 10.3. The van der Waals surface area contributed by atoms with Crippen LogP contribution < -0.4 is 5.32 Å². The zero-order chi connectivity index (χ0) is 21.1. The fourth-order valence-corrected chi connectivity index (χ4v) is 4.48. The van der Waals surface area contributed by atoms with Crippen molar-refractivity contribution in [1.82, 2.24) is 34.4 Å². The topological polar surface area (TPSA) is 102 Å². The zero-order valence-corrected chi connectivity index (χ0v) is 18.3. The molecule has 9 nitrogen and oxygen atoms in total. The number of rotatable bonds is 6. The van der Waals surface area contributed by atoms with Crippen LogP contribution in [0.2, 0.25) is 0 Å². The molecule has 158 valence electrons. The normalized spacial score (nSPS) is 15.4. The Morgan fingerprint density at radius 3 is 2.57 bits per heavy atom. The van der Waals surface area contributed by atoms with Crippen LogP contribution in [0.4, 0.5) is 5.82 Å². The van der Waals surface area contributed by atoms with Gasteiger partial charge >= 0.3 is 0 Å². The summed E-state index contributed by atoms with van der Waals surface area (Å²) in [5.41, 5.74) is 2.19. The molecule has 10 heteroatoms. The minimum absolute atomic E-state index is 0.117. The number of aryl methyl sites for hydroxylation is 2. The molecule has 4 heterocycles. The van der Waals surface area contributed by atoms with Gasteiger partial charge in [0.2, 0.25) is 5.91 Å². The fraction of sp³-hybridized carbons (Fsp3) is 0.500. The van der Waals surface area contributed by atoms with Crippen molar-refractivity contribution in [3.63, 3.8) is 0 Å². The number of thioether (sulfide) groups is 1. The van der Waals surface area contributed by atoms with Crippen molar-refractivity contribution in [1.29, 1.82) is 0 Å². The molecule has 0 unspecified atom stereocenters. The maximum Gasteiger partial charge on any atom is 0.245 e. The standard InChI is InChI=1S/C20H26N8OS/c1-4-15(20(29)27-6-8-30-9-7-27)25-17-16-19(24-12-23-17)28(5-2)18(26-16)14-10-21-13(3)22-11-14/h10-12,15H,4-9H2,1-3H3,(H,23,24,25)/t15-/m0/s1. The molecule has 0 radical (unpaired) electrons. The van der Waals surface area contributed by atoms with Crippen molar-refractivity contribution >= 4 is 34.7 Å². The highest BCUT2D eigenvalue weighted by molar-refractivity contribution is 7.99. The Balaban J connectivity index is 1.69. The molecule has 3 aromatic heterocycles. The van der Waals surface area contributed by atoms with E-state index in [1.165, 1.54) is 6.33 Å². The molecule has 1 saturated heterocycles. The van der Waals surface area contributed by atoms with E-state index < -0.39 is 0 Å². The summed E-state index contributed by atoms with van der Waals surface area (Å²) in [5, 5.41) is 3.34. The molecule has 1 aliphatic heterocycles. The number of nitrogens with zero attached hydrogens (tertiary/aromatic N) is 7. The Morgan fingerprint density at radius 2 is 1.90 bits per heavy atom. The number of aromatic nitrogens is 6. The summed E-state index contributed by atoms with van der Waals surface area (Å²) in [4.78, 5) is 37.2. The molecule has 1 amide bonds. The van der Waals surface area contributed by atoms with E-state index in [-0.39, 0.29) is 11.9 Å². The number of carbonyl (C=O) groups is 1. The highest BCUT2D eigenvalue weighted by Crippen LogP contribution is 2.27. The average molecular weight is 427 g/mol. The van der Waals surface area contributed by atoms with Crippen molar-refractivity contribution in [2.45, 2.75) is 39.8 Å². The fourth-order valence-electron chi connectivity index (χ4n) is 3.58. The number of fused-ring (bicyclic) bond motifs is 1. The molecule has 1 aliphatic rings. The molecule has 0 bridgehead atoms. The second-order valence-corrected chi connectivity index (χ2v) is 8.36. The number of nitrogens with one attached hydrogen (secondary N) is 1. The molecular formula is C20H26N8OS. The lowest BCUT2D eigenvalue weighted by molar-refractivity contribution is -0.131. The summed E-state index contributed by atoms with van der Waals surface area (Å²) in [6.45, 7) is 8.18. The van der Waals surface area contributed by atoms with Gasteiger partial charge in [-0.05, 0) is 20.3 Å². The molecule has 4 rings (SSSR count). The van der Waals surface area contributed by atoms with Crippen molar-refractivity contribution in [2.75, 3.05) is 29.9 Å². The molecule has 1 fully saturated rings. The number of carbonyl (C=O) groups excluding carboxylic acids is 1. The third-order valence-corrected chi connectivity index (χ3v) is 6.17. The van der Waals surface area contributed by atoms with Crippen molar-refractivity contribution in [3.8, 4) is 11.4 Å². The monoisotopic (exact) mass is 426 g/mol. The van der Waals surface area contributed by atoms with E-state index >= 15 is 0 Å². The lowest BCUT2D eigenvalue weighted by Crippen LogP contribution is -2.46. The van der Waals surface area contributed by atoms with Crippen LogP contribution in [-0.2, 0) is 11.3 Å². The molecule has 0 saturated carbocycles. The van der Waals surface area contributed by atoms with Crippen LogP contribution in [0.3, 0.4) is 0 Å². The lowest BCUT2D eigenvalue weighted by Gasteiger charge is -2.30. The number of imidazole rings is 1. The first-order chi connectivity index (χ1) is 14.6. The van der Waals surface area contributed by atoms with Gasteiger partial charge in [-0.25, -0.2) is 24.9 Å². The van der Waals surface area contributed by atoms with Gasteiger partial charge in [-0.2, -0.15) is 11.8 Å². The molecule has 3 aromatic rings. The molecule has 0 spiro atoms. The third-order valence-electron chi connectivity index (χ3n) is 5.23. The number of hydrogen-bond donors (Lipinski definition) is 1. The quantitative estimate of drug-likeness (QED) is 0.641. The summed E-state index contributed by atoms with van der Waals surface area (Å²) in [6.07, 6.45) is 5.72. The second-order valence-electron chi connectivity index (χ2n) is 7.14. The van der Waals surface area contributed by atoms with Crippen LogP contribution in [-0.4, -0.2) is 70.9 Å². The maximum absolute atomic E-state index is 13.0. The molecule has 0 aliphatic carbocycles. The summed E-state index contributed by atoms with van der Waals surface area (Å²) in [5.74, 6) is 4.12. The Bertz CT molecular complexity index is 1030. The van der Waals surface area contributed by atoms with Crippen LogP contribution in [0, 0.1) is 6.92 Å². The van der Waals surface area contributed by atoms with Crippen LogP contribution in [0.1, 0.15) is 26.1 Å². The SMILES string of the molecule is CC[C@H](Nc1ncnc2c1nc(-c1cnc(C)nc1)n2CC)C(=O)N1CCSCC1. The second kappa shape index (κ2) is 8.95. The van der Waals surface area contributed by atoms with Crippen molar-refractivity contribution in [2.24, 2.45) is 0 Å². The van der Waals surface area contributed by atoms with Crippen LogP contribution in [0.5, 0.6) is 0 Å². The van der Waals surface area contributed by atoms with Gasteiger partial charge in [0.05, 0.1) is 5.56 Å². The first kappa shape index (κ1) is 20.5. The maximum atomic E-state index is 13.0. The van der Waals surface area contributed by atoms with Gasteiger partial charge in [-0.1, -0.05) is 6.92 Å².